The molecule has 2 N–H and O–H groups in total. The molecule has 94 valence electrons. The van der Waals surface area contributed by atoms with Gasteiger partial charge in [-0.25, -0.2) is 0 Å². The first-order chi connectivity index (χ1) is 8.78. The zero-order valence-corrected chi connectivity index (χ0v) is 10.8. The van der Waals surface area contributed by atoms with Gasteiger partial charge in [-0.05, 0) is 48.1 Å². The Morgan fingerprint density at radius 2 is 1.39 bits per heavy atom. The highest BCUT2D eigenvalue weighted by atomic mass is 14.6. The van der Waals surface area contributed by atoms with Crippen molar-refractivity contribution in [2.24, 2.45) is 5.73 Å². The van der Waals surface area contributed by atoms with E-state index in [0.717, 1.165) is 19.3 Å². The van der Waals surface area contributed by atoms with E-state index < -0.39 is 0 Å². The second-order valence-electron chi connectivity index (χ2n) is 4.69. The Morgan fingerprint density at radius 1 is 0.889 bits per heavy atom. The molecule has 0 aliphatic heterocycles. The molecule has 1 aromatic heterocycles. The highest BCUT2D eigenvalue weighted by Gasteiger charge is 2.05. The van der Waals surface area contributed by atoms with Crippen molar-refractivity contribution in [2.75, 3.05) is 0 Å². The second kappa shape index (κ2) is 6.31. The van der Waals surface area contributed by atoms with Crippen LogP contribution in [-0.4, -0.2) is 11.0 Å². The largest absolute Gasteiger partial charge is 0.327 e. The van der Waals surface area contributed by atoms with Crippen LogP contribution < -0.4 is 5.73 Å². The molecule has 0 amide bonds. The van der Waals surface area contributed by atoms with Crippen molar-refractivity contribution in [3.05, 3.63) is 65.5 Å². The van der Waals surface area contributed by atoms with Crippen LogP contribution in [0.4, 0.5) is 0 Å². The molecule has 0 aliphatic carbocycles. The van der Waals surface area contributed by atoms with Crippen LogP contribution in [0, 0.1) is 0 Å². The van der Waals surface area contributed by atoms with Crippen LogP contribution in [-0.2, 0) is 19.3 Å². The molecule has 0 radical (unpaired) electrons. The maximum absolute atomic E-state index is 6.19. The second-order valence-corrected chi connectivity index (χ2v) is 4.69. The number of aromatic nitrogens is 1. The Morgan fingerprint density at radius 3 is 1.94 bits per heavy atom. The van der Waals surface area contributed by atoms with E-state index in [9.17, 15) is 0 Å². The third-order valence-electron chi connectivity index (χ3n) is 3.18. The average molecular weight is 240 g/mol. The molecule has 0 spiro atoms. The predicted octanol–water partition coefficient (Wildman–Crippen LogP) is 2.76. The highest BCUT2D eigenvalue weighted by molar-refractivity contribution is 5.23. The third-order valence-corrected chi connectivity index (χ3v) is 3.18. The fourth-order valence-corrected chi connectivity index (χ4v) is 2.11. The normalized spacial score (nSPS) is 12.3. The molecule has 0 fully saturated rings. The molecule has 2 aromatic rings. The molecule has 1 unspecified atom stereocenters. The molecular formula is C16H20N2. The number of pyridine rings is 1. The van der Waals surface area contributed by atoms with Gasteiger partial charge in [-0.15, -0.1) is 0 Å². The van der Waals surface area contributed by atoms with E-state index in [0.29, 0.717) is 0 Å². The standard InChI is InChI=1S/C16H20N2/c1-2-13-3-5-14(6-4-13)11-16(17)12-15-7-9-18-10-8-15/h3-10,16H,2,11-12,17H2,1H3. The molecule has 2 nitrogen and oxygen atoms in total. The van der Waals surface area contributed by atoms with E-state index in [4.69, 9.17) is 5.73 Å². The third kappa shape index (κ3) is 3.67. The summed E-state index contributed by atoms with van der Waals surface area (Å²) in [6.07, 6.45) is 6.55. The summed E-state index contributed by atoms with van der Waals surface area (Å²) in [6, 6.07) is 13.0. The summed E-state index contributed by atoms with van der Waals surface area (Å²) in [6.45, 7) is 2.17. The van der Waals surface area contributed by atoms with Crippen LogP contribution in [0.3, 0.4) is 0 Å². The van der Waals surface area contributed by atoms with E-state index in [1.165, 1.54) is 16.7 Å². The van der Waals surface area contributed by atoms with Gasteiger partial charge in [0.15, 0.2) is 0 Å². The summed E-state index contributed by atoms with van der Waals surface area (Å²) >= 11 is 0. The van der Waals surface area contributed by atoms with Crippen LogP contribution >= 0.6 is 0 Å². The van der Waals surface area contributed by atoms with Crippen LogP contribution in [0.2, 0.25) is 0 Å². The Labute approximate surface area is 109 Å². The van der Waals surface area contributed by atoms with Gasteiger partial charge in [0.2, 0.25) is 0 Å². The van der Waals surface area contributed by atoms with E-state index in [2.05, 4.69) is 36.2 Å². The van der Waals surface area contributed by atoms with Crippen LogP contribution in [0.5, 0.6) is 0 Å². The topological polar surface area (TPSA) is 38.9 Å². The fraction of sp³-hybridized carbons (Fsp3) is 0.312. The monoisotopic (exact) mass is 240 g/mol. The van der Waals surface area contributed by atoms with Crippen LogP contribution in [0.25, 0.3) is 0 Å². The lowest BCUT2D eigenvalue weighted by Crippen LogP contribution is -2.25. The van der Waals surface area contributed by atoms with Gasteiger partial charge in [-0.2, -0.15) is 0 Å². The van der Waals surface area contributed by atoms with Crippen molar-refractivity contribution in [1.82, 2.24) is 4.98 Å². The number of rotatable bonds is 5. The van der Waals surface area contributed by atoms with Crippen molar-refractivity contribution in [2.45, 2.75) is 32.2 Å². The number of aryl methyl sites for hydroxylation is 1. The highest BCUT2D eigenvalue weighted by Crippen LogP contribution is 2.09. The minimum absolute atomic E-state index is 0.167. The van der Waals surface area contributed by atoms with Crippen molar-refractivity contribution in [3.8, 4) is 0 Å². The number of hydrogen-bond acceptors (Lipinski definition) is 2. The summed E-state index contributed by atoms with van der Waals surface area (Å²) in [7, 11) is 0. The fourth-order valence-electron chi connectivity index (χ4n) is 2.11. The van der Waals surface area contributed by atoms with E-state index in [1.807, 2.05) is 24.5 Å². The summed E-state index contributed by atoms with van der Waals surface area (Å²) in [5, 5.41) is 0. The van der Waals surface area contributed by atoms with Gasteiger partial charge in [0.05, 0.1) is 0 Å². The zero-order valence-electron chi connectivity index (χ0n) is 10.8. The molecular weight excluding hydrogens is 220 g/mol. The Kier molecular flexibility index (Phi) is 4.48. The van der Waals surface area contributed by atoms with Crippen molar-refractivity contribution >= 4 is 0 Å². The lowest BCUT2D eigenvalue weighted by molar-refractivity contribution is 0.664. The maximum Gasteiger partial charge on any atom is 0.0270 e. The minimum Gasteiger partial charge on any atom is -0.327 e. The van der Waals surface area contributed by atoms with Crippen LogP contribution in [0.1, 0.15) is 23.6 Å². The maximum atomic E-state index is 6.19. The Balaban J connectivity index is 1.92. The predicted molar refractivity (Wildman–Crippen MR) is 75.4 cm³/mol. The van der Waals surface area contributed by atoms with Crippen molar-refractivity contribution in [1.29, 1.82) is 0 Å². The van der Waals surface area contributed by atoms with Crippen molar-refractivity contribution < 1.29 is 0 Å². The average Bonchev–Trinajstić information content (AvgIpc) is 2.40. The molecule has 1 aromatic carbocycles. The molecule has 1 heterocycles. The zero-order chi connectivity index (χ0) is 12.8. The van der Waals surface area contributed by atoms with Gasteiger partial charge < -0.3 is 5.73 Å². The molecule has 0 saturated carbocycles. The molecule has 1 atom stereocenters. The van der Waals surface area contributed by atoms with Gasteiger partial charge in [0, 0.05) is 18.4 Å². The first kappa shape index (κ1) is 12.8. The first-order valence-corrected chi connectivity index (χ1v) is 6.50. The summed E-state index contributed by atoms with van der Waals surface area (Å²) in [4.78, 5) is 4.01. The van der Waals surface area contributed by atoms with E-state index >= 15 is 0 Å². The minimum atomic E-state index is 0.167. The quantitative estimate of drug-likeness (QED) is 0.872. The molecule has 18 heavy (non-hydrogen) atoms. The van der Waals surface area contributed by atoms with Gasteiger partial charge in [-0.3, -0.25) is 4.98 Å². The molecule has 2 heteroatoms. The number of nitrogens with two attached hydrogens (primary N) is 1. The smallest absolute Gasteiger partial charge is 0.0270 e. The van der Waals surface area contributed by atoms with Gasteiger partial charge in [0.1, 0.15) is 0 Å². The summed E-state index contributed by atoms with van der Waals surface area (Å²) in [5.74, 6) is 0. The lowest BCUT2D eigenvalue weighted by atomic mass is 9.99. The van der Waals surface area contributed by atoms with Gasteiger partial charge >= 0.3 is 0 Å². The Bertz CT molecular complexity index is 462. The van der Waals surface area contributed by atoms with Gasteiger partial charge in [-0.1, -0.05) is 31.2 Å². The number of hydrogen-bond donors (Lipinski definition) is 1. The molecule has 0 saturated heterocycles. The lowest BCUT2D eigenvalue weighted by Gasteiger charge is -2.12. The number of benzene rings is 1. The summed E-state index contributed by atoms with van der Waals surface area (Å²) < 4.78 is 0. The number of nitrogens with zero attached hydrogens (tertiary/aromatic N) is 1. The SMILES string of the molecule is CCc1ccc(CC(N)Cc2ccncc2)cc1. The van der Waals surface area contributed by atoms with Gasteiger partial charge in [0.25, 0.3) is 0 Å². The first-order valence-electron chi connectivity index (χ1n) is 6.50. The van der Waals surface area contributed by atoms with E-state index in [1.54, 1.807) is 0 Å². The molecule has 2 rings (SSSR count). The molecule has 0 bridgehead atoms. The summed E-state index contributed by atoms with van der Waals surface area (Å²) in [5.41, 5.74) is 10.1. The van der Waals surface area contributed by atoms with Crippen molar-refractivity contribution in [3.63, 3.8) is 0 Å². The van der Waals surface area contributed by atoms with Crippen LogP contribution in [0.15, 0.2) is 48.8 Å². The van der Waals surface area contributed by atoms with E-state index in [-0.39, 0.29) is 6.04 Å². The Hall–Kier alpha value is -1.67. The molecule has 0 aliphatic rings.